The standard InChI is InChI=1S/C28H43NO9/c1-15(16(2)35-25(34)38-28(9,10)11)20(21(29)22(30)31)17-12-13-18(36-23(32)26(3,4)5)19(14-17)37-24(33)27(6,7)8/h12-16,20-21H,29H2,1-11H3,(H,30,31)/t15?,16?,20?,21-/m0/s1. The molecule has 0 saturated heterocycles. The topological polar surface area (TPSA) is 151 Å². The Hall–Kier alpha value is -3.14. The zero-order valence-corrected chi connectivity index (χ0v) is 24.3. The number of hydrogen-bond acceptors (Lipinski definition) is 9. The molecule has 0 aliphatic heterocycles. The zero-order chi connectivity index (χ0) is 29.8. The van der Waals surface area contributed by atoms with Gasteiger partial charge in [-0.3, -0.25) is 14.4 Å². The maximum Gasteiger partial charge on any atom is 0.509 e. The average Bonchev–Trinajstić information content (AvgIpc) is 2.72. The van der Waals surface area contributed by atoms with E-state index in [4.69, 9.17) is 24.7 Å². The second-order valence-electron chi connectivity index (χ2n) is 12.5. The van der Waals surface area contributed by atoms with E-state index < -0.39 is 64.5 Å². The smallest absolute Gasteiger partial charge is 0.480 e. The number of carbonyl (C=O) groups is 4. The van der Waals surface area contributed by atoms with Crippen LogP contribution in [-0.4, -0.2) is 46.9 Å². The first-order chi connectivity index (χ1) is 17.0. The Kier molecular flexibility index (Phi) is 10.5. The molecule has 4 atom stereocenters. The van der Waals surface area contributed by atoms with Gasteiger partial charge in [-0.25, -0.2) is 4.79 Å². The highest BCUT2D eigenvalue weighted by molar-refractivity contribution is 5.81. The molecule has 214 valence electrons. The zero-order valence-electron chi connectivity index (χ0n) is 24.3. The van der Waals surface area contributed by atoms with Crippen molar-refractivity contribution >= 4 is 24.1 Å². The first kappa shape index (κ1) is 32.9. The van der Waals surface area contributed by atoms with Crippen molar-refractivity contribution in [1.82, 2.24) is 0 Å². The van der Waals surface area contributed by atoms with Crippen LogP contribution in [0.2, 0.25) is 0 Å². The number of benzene rings is 1. The lowest BCUT2D eigenvalue weighted by Crippen LogP contribution is -2.43. The van der Waals surface area contributed by atoms with Crippen LogP contribution < -0.4 is 15.2 Å². The van der Waals surface area contributed by atoms with Crippen molar-refractivity contribution in [1.29, 1.82) is 0 Å². The summed E-state index contributed by atoms with van der Waals surface area (Å²) in [6.07, 6.45) is -1.69. The van der Waals surface area contributed by atoms with E-state index in [2.05, 4.69) is 0 Å². The van der Waals surface area contributed by atoms with E-state index in [0.29, 0.717) is 5.56 Å². The highest BCUT2D eigenvalue weighted by atomic mass is 16.7. The van der Waals surface area contributed by atoms with E-state index in [-0.39, 0.29) is 11.5 Å². The van der Waals surface area contributed by atoms with Crippen LogP contribution in [-0.2, 0) is 23.9 Å². The van der Waals surface area contributed by atoms with E-state index >= 15 is 0 Å². The van der Waals surface area contributed by atoms with Gasteiger partial charge in [-0.05, 0) is 86.9 Å². The molecule has 0 radical (unpaired) electrons. The molecule has 10 nitrogen and oxygen atoms in total. The highest BCUT2D eigenvalue weighted by Gasteiger charge is 2.37. The van der Waals surface area contributed by atoms with Gasteiger partial charge in [0.1, 0.15) is 17.7 Å². The lowest BCUT2D eigenvalue weighted by Gasteiger charge is -2.32. The monoisotopic (exact) mass is 537 g/mol. The molecule has 3 N–H and O–H groups in total. The van der Waals surface area contributed by atoms with Gasteiger partial charge in [-0.1, -0.05) is 13.0 Å². The number of carboxylic acid groups (broad SMARTS) is 1. The van der Waals surface area contributed by atoms with Gasteiger partial charge >= 0.3 is 24.1 Å². The molecule has 1 aromatic carbocycles. The molecule has 0 saturated carbocycles. The number of esters is 2. The highest BCUT2D eigenvalue weighted by Crippen LogP contribution is 2.38. The van der Waals surface area contributed by atoms with Crippen LogP contribution in [0.15, 0.2) is 18.2 Å². The molecule has 3 unspecified atom stereocenters. The van der Waals surface area contributed by atoms with Crippen LogP contribution in [0.25, 0.3) is 0 Å². The Morgan fingerprint density at radius 1 is 0.816 bits per heavy atom. The minimum atomic E-state index is -1.40. The molecule has 0 spiro atoms. The predicted octanol–water partition coefficient (Wildman–Crippen LogP) is 5.06. The number of aliphatic carboxylic acids is 1. The quantitative estimate of drug-likeness (QED) is 0.340. The van der Waals surface area contributed by atoms with Gasteiger partial charge in [-0.15, -0.1) is 0 Å². The first-order valence-corrected chi connectivity index (χ1v) is 12.5. The molecule has 0 amide bonds. The molecule has 0 aliphatic rings. The number of rotatable bonds is 8. The van der Waals surface area contributed by atoms with E-state index in [9.17, 15) is 24.3 Å². The fourth-order valence-electron chi connectivity index (χ4n) is 3.22. The summed E-state index contributed by atoms with van der Waals surface area (Å²) in [6.45, 7) is 18.4. The Bertz CT molecular complexity index is 1030. The molecule has 0 aliphatic carbocycles. The van der Waals surface area contributed by atoms with Gasteiger partial charge in [0.2, 0.25) is 0 Å². The normalized spacial score (nSPS) is 15.5. The Balaban J connectivity index is 3.54. The third-order valence-corrected chi connectivity index (χ3v) is 5.63. The van der Waals surface area contributed by atoms with Crippen molar-refractivity contribution in [3.63, 3.8) is 0 Å². The summed E-state index contributed by atoms with van der Waals surface area (Å²) in [5.74, 6) is -3.97. The van der Waals surface area contributed by atoms with Gasteiger partial charge < -0.3 is 29.8 Å². The van der Waals surface area contributed by atoms with Crippen LogP contribution >= 0.6 is 0 Å². The third-order valence-electron chi connectivity index (χ3n) is 5.63. The second kappa shape index (κ2) is 12.1. The lowest BCUT2D eigenvalue weighted by molar-refractivity contribution is -0.145. The molecule has 10 heteroatoms. The number of carboxylic acids is 1. The minimum Gasteiger partial charge on any atom is -0.480 e. The average molecular weight is 538 g/mol. The molecule has 0 heterocycles. The maximum atomic E-state index is 12.7. The SMILES string of the molecule is CC(OC(=O)OC(C)(C)C)C(C)C(c1ccc(OC(=O)C(C)(C)C)c(OC(=O)C(C)(C)C)c1)[C@H](N)C(=O)O. The van der Waals surface area contributed by atoms with E-state index in [1.165, 1.54) is 12.1 Å². The fourth-order valence-corrected chi connectivity index (χ4v) is 3.22. The van der Waals surface area contributed by atoms with Crippen molar-refractivity contribution in [3.05, 3.63) is 23.8 Å². The third kappa shape index (κ3) is 9.63. The lowest BCUT2D eigenvalue weighted by atomic mass is 9.79. The number of carbonyl (C=O) groups excluding carboxylic acids is 3. The maximum absolute atomic E-state index is 12.7. The number of ether oxygens (including phenoxy) is 4. The Labute approximate surface area is 225 Å². The molecule has 0 fully saturated rings. The molecule has 1 aromatic rings. The van der Waals surface area contributed by atoms with Crippen molar-refractivity contribution in [2.24, 2.45) is 22.5 Å². The molecule has 38 heavy (non-hydrogen) atoms. The van der Waals surface area contributed by atoms with Crippen molar-refractivity contribution in [2.45, 2.75) is 99.8 Å². The largest absolute Gasteiger partial charge is 0.509 e. The summed E-state index contributed by atoms with van der Waals surface area (Å²) in [6, 6.07) is 3.00. The predicted molar refractivity (Wildman–Crippen MR) is 141 cm³/mol. The summed E-state index contributed by atoms with van der Waals surface area (Å²) in [7, 11) is 0. The van der Waals surface area contributed by atoms with Crippen LogP contribution in [0.3, 0.4) is 0 Å². The Morgan fingerprint density at radius 2 is 1.29 bits per heavy atom. The van der Waals surface area contributed by atoms with Crippen molar-refractivity contribution < 1.29 is 43.2 Å². The van der Waals surface area contributed by atoms with Gasteiger partial charge in [0.05, 0.1) is 10.8 Å². The molecule has 0 aromatic heterocycles. The summed E-state index contributed by atoms with van der Waals surface area (Å²) in [4.78, 5) is 49.5. The summed E-state index contributed by atoms with van der Waals surface area (Å²) >= 11 is 0. The van der Waals surface area contributed by atoms with Gasteiger partial charge in [0, 0.05) is 11.8 Å². The molecular formula is C28H43NO9. The second-order valence-corrected chi connectivity index (χ2v) is 12.5. The van der Waals surface area contributed by atoms with E-state index in [1.807, 2.05) is 0 Å². The van der Waals surface area contributed by atoms with E-state index in [0.717, 1.165) is 0 Å². The fraction of sp³-hybridized carbons (Fsp3) is 0.643. The van der Waals surface area contributed by atoms with Crippen LogP contribution in [0.4, 0.5) is 4.79 Å². The summed E-state index contributed by atoms with van der Waals surface area (Å²) in [5.41, 5.74) is 4.00. The molecular weight excluding hydrogens is 494 g/mol. The summed E-state index contributed by atoms with van der Waals surface area (Å²) in [5, 5.41) is 9.75. The van der Waals surface area contributed by atoms with Gasteiger partial charge in [0.15, 0.2) is 11.5 Å². The van der Waals surface area contributed by atoms with E-state index in [1.54, 1.807) is 82.2 Å². The number of hydrogen-bond donors (Lipinski definition) is 2. The van der Waals surface area contributed by atoms with Crippen LogP contribution in [0.1, 0.15) is 87.6 Å². The van der Waals surface area contributed by atoms with Crippen LogP contribution in [0.5, 0.6) is 11.5 Å². The first-order valence-electron chi connectivity index (χ1n) is 12.5. The van der Waals surface area contributed by atoms with Crippen LogP contribution in [0, 0.1) is 16.7 Å². The van der Waals surface area contributed by atoms with Gasteiger partial charge in [-0.2, -0.15) is 0 Å². The molecule has 1 rings (SSSR count). The number of nitrogens with two attached hydrogens (primary N) is 1. The summed E-state index contributed by atoms with van der Waals surface area (Å²) < 4.78 is 21.7. The van der Waals surface area contributed by atoms with Crippen molar-refractivity contribution in [3.8, 4) is 11.5 Å². The minimum absolute atomic E-state index is 0.000345. The molecule has 0 bridgehead atoms. The Morgan fingerprint density at radius 3 is 1.71 bits per heavy atom. The van der Waals surface area contributed by atoms with Crippen molar-refractivity contribution in [2.75, 3.05) is 0 Å². The van der Waals surface area contributed by atoms with Gasteiger partial charge in [0.25, 0.3) is 0 Å².